The lowest BCUT2D eigenvalue weighted by atomic mass is 9.98. The highest BCUT2D eigenvalue weighted by Gasteiger charge is 2.40. The molecule has 3 atom stereocenters. The summed E-state index contributed by atoms with van der Waals surface area (Å²) in [6.45, 7) is 2.16. The van der Waals surface area contributed by atoms with Crippen LogP contribution < -0.4 is 5.32 Å². The number of alkyl carbamates (subject to hydrolysis) is 1. The van der Waals surface area contributed by atoms with E-state index in [0.29, 0.717) is 13.0 Å². The zero-order valence-electron chi connectivity index (χ0n) is 18.7. The Balaban J connectivity index is 1.39. The number of likely N-dealkylation sites (N-methyl/N-ethyl adjacent to an activating group) is 1. The van der Waals surface area contributed by atoms with Gasteiger partial charge in [0.05, 0.1) is 6.04 Å². The number of carboxylic acids is 1. The summed E-state index contributed by atoms with van der Waals surface area (Å²) in [5, 5.41) is 12.1. The lowest BCUT2D eigenvalue weighted by Crippen LogP contribution is -2.52. The molecule has 1 heterocycles. The molecule has 0 saturated carbocycles. The molecule has 4 rings (SSSR count). The molecule has 0 radical (unpaired) electrons. The number of carboxylic acid groups (broad SMARTS) is 1. The summed E-state index contributed by atoms with van der Waals surface area (Å²) in [7, 11) is 1.44. The van der Waals surface area contributed by atoms with E-state index < -0.39 is 36.2 Å². The maximum absolute atomic E-state index is 12.8. The third-order valence-corrected chi connectivity index (χ3v) is 6.47. The standard InChI is InChI=1S/C25H28N2O6/c1-3-21(24(29)30)27(2)23(28)22-20(12-13-32-22)26-25(31)33-14-19-17-10-6-4-8-15(17)16-9-5-7-11-18(16)19/h4-11,19-22H,3,12-14H2,1-2H3,(H,26,31)(H,29,30)/t20-,21?,22+/m0/s1. The lowest BCUT2D eigenvalue weighted by molar-refractivity contribution is -0.153. The molecule has 174 valence electrons. The van der Waals surface area contributed by atoms with Gasteiger partial charge >= 0.3 is 12.1 Å². The smallest absolute Gasteiger partial charge is 0.407 e. The molecule has 1 aliphatic carbocycles. The monoisotopic (exact) mass is 452 g/mol. The zero-order valence-corrected chi connectivity index (χ0v) is 18.7. The summed E-state index contributed by atoms with van der Waals surface area (Å²) in [5.41, 5.74) is 4.52. The van der Waals surface area contributed by atoms with Gasteiger partial charge in [-0.15, -0.1) is 0 Å². The first-order valence-corrected chi connectivity index (χ1v) is 11.1. The maximum Gasteiger partial charge on any atom is 0.407 e. The fourth-order valence-electron chi connectivity index (χ4n) is 4.74. The summed E-state index contributed by atoms with van der Waals surface area (Å²) in [6.07, 6.45) is -0.852. The molecule has 0 aromatic heterocycles. The van der Waals surface area contributed by atoms with E-state index in [-0.39, 0.29) is 18.9 Å². The number of rotatable bonds is 7. The zero-order chi connectivity index (χ0) is 23.5. The molecule has 2 amide bonds. The molecule has 33 heavy (non-hydrogen) atoms. The number of carbonyl (C=O) groups is 3. The Bertz CT molecular complexity index is 1010. The van der Waals surface area contributed by atoms with Gasteiger partial charge in [-0.25, -0.2) is 9.59 Å². The van der Waals surface area contributed by atoms with Crippen molar-refractivity contribution in [2.24, 2.45) is 0 Å². The average Bonchev–Trinajstić information content (AvgIpc) is 3.39. The van der Waals surface area contributed by atoms with E-state index in [1.54, 1.807) is 6.92 Å². The van der Waals surface area contributed by atoms with Crippen LogP contribution in [0.4, 0.5) is 4.79 Å². The normalized spacial score (nSPS) is 19.9. The highest BCUT2D eigenvalue weighted by Crippen LogP contribution is 2.44. The van der Waals surface area contributed by atoms with Crippen molar-refractivity contribution in [2.45, 2.75) is 43.9 Å². The van der Waals surface area contributed by atoms with Crippen LogP contribution in [-0.2, 0) is 19.1 Å². The molecule has 1 unspecified atom stereocenters. The van der Waals surface area contributed by atoms with Gasteiger partial charge in [0, 0.05) is 19.6 Å². The van der Waals surface area contributed by atoms with Crippen LogP contribution in [0, 0.1) is 0 Å². The number of amides is 2. The van der Waals surface area contributed by atoms with Crippen molar-refractivity contribution in [3.63, 3.8) is 0 Å². The van der Waals surface area contributed by atoms with Crippen LogP contribution in [0.2, 0.25) is 0 Å². The molecule has 8 heteroatoms. The van der Waals surface area contributed by atoms with Gasteiger partial charge in [0.2, 0.25) is 0 Å². The number of nitrogens with zero attached hydrogens (tertiary/aromatic N) is 1. The van der Waals surface area contributed by atoms with Crippen LogP contribution in [0.1, 0.15) is 36.8 Å². The summed E-state index contributed by atoms with van der Waals surface area (Å²) in [4.78, 5) is 38.0. The highest BCUT2D eigenvalue weighted by atomic mass is 16.6. The molecule has 1 fully saturated rings. The molecule has 2 aliphatic rings. The van der Waals surface area contributed by atoms with Crippen LogP contribution in [-0.4, -0.2) is 66.4 Å². The summed E-state index contributed by atoms with van der Waals surface area (Å²) in [6, 6.07) is 14.6. The molecule has 2 aromatic carbocycles. The minimum Gasteiger partial charge on any atom is -0.480 e. The van der Waals surface area contributed by atoms with E-state index in [2.05, 4.69) is 17.4 Å². The minimum atomic E-state index is -1.08. The molecule has 8 nitrogen and oxygen atoms in total. The van der Waals surface area contributed by atoms with E-state index in [4.69, 9.17) is 9.47 Å². The van der Waals surface area contributed by atoms with Crippen molar-refractivity contribution < 1.29 is 29.0 Å². The number of fused-ring (bicyclic) bond motifs is 3. The van der Waals surface area contributed by atoms with Gasteiger partial charge in [-0.2, -0.15) is 0 Å². The summed E-state index contributed by atoms with van der Waals surface area (Å²) < 4.78 is 11.1. The predicted molar refractivity (Wildman–Crippen MR) is 121 cm³/mol. The molecule has 2 aromatic rings. The fraction of sp³-hybridized carbons (Fsp3) is 0.400. The maximum atomic E-state index is 12.8. The number of benzene rings is 2. The van der Waals surface area contributed by atoms with Gasteiger partial charge < -0.3 is 24.8 Å². The van der Waals surface area contributed by atoms with E-state index >= 15 is 0 Å². The van der Waals surface area contributed by atoms with Crippen LogP contribution in [0.3, 0.4) is 0 Å². The molecular weight excluding hydrogens is 424 g/mol. The van der Waals surface area contributed by atoms with Crippen LogP contribution >= 0.6 is 0 Å². The first-order valence-electron chi connectivity index (χ1n) is 11.1. The van der Waals surface area contributed by atoms with Crippen molar-refractivity contribution in [3.05, 3.63) is 59.7 Å². The van der Waals surface area contributed by atoms with Crippen molar-refractivity contribution in [2.75, 3.05) is 20.3 Å². The molecule has 0 spiro atoms. The highest BCUT2D eigenvalue weighted by molar-refractivity contribution is 5.87. The van der Waals surface area contributed by atoms with Crippen LogP contribution in [0.25, 0.3) is 11.1 Å². The molecule has 2 N–H and O–H groups in total. The molecular formula is C25H28N2O6. The Morgan fingerprint density at radius 2 is 1.73 bits per heavy atom. The van der Waals surface area contributed by atoms with E-state index in [1.165, 1.54) is 11.9 Å². The van der Waals surface area contributed by atoms with Gasteiger partial charge in [-0.1, -0.05) is 55.5 Å². The number of nitrogens with one attached hydrogen (secondary N) is 1. The third-order valence-electron chi connectivity index (χ3n) is 6.47. The Hall–Kier alpha value is -3.39. The lowest BCUT2D eigenvalue weighted by Gasteiger charge is -2.28. The van der Waals surface area contributed by atoms with Crippen molar-refractivity contribution >= 4 is 18.0 Å². The topological polar surface area (TPSA) is 105 Å². The SMILES string of the molecule is CCC(C(=O)O)N(C)C(=O)[C@@H]1OCC[C@@H]1NC(=O)OCC1c2ccccc2-c2ccccc21. The second-order valence-electron chi connectivity index (χ2n) is 8.37. The Morgan fingerprint density at radius 1 is 1.12 bits per heavy atom. The Labute approximate surface area is 192 Å². The first-order chi connectivity index (χ1) is 15.9. The average molecular weight is 453 g/mol. The van der Waals surface area contributed by atoms with Crippen molar-refractivity contribution in [1.29, 1.82) is 0 Å². The van der Waals surface area contributed by atoms with Crippen LogP contribution in [0.5, 0.6) is 0 Å². The van der Waals surface area contributed by atoms with Gasteiger partial charge in [0.1, 0.15) is 12.6 Å². The predicted octanol–water partition coefficient (Wildman–Crippen LogP) is 3.00. The number of aliphatic carboxylic acids is 1. The largest absolute Gasteiger partial charge is 0.480 e. The van der Waals surface area contributed by atoms with Gasteiger partial charge in [-0.05, 0) is 35.1 Å². The minimum absolute atomic E-state index is 0.0626. The second kappa shape index (κ2) is 9.62. The number of hydrogen-bond acceptors (Lipinski definition) is 5. The quantitative estimate of drug-likeness (QED) is 0.669. The first kappa shape index (κ1) is 22.8. The molecule has 1 aliphatic heterocycles. The summed E-state index contributed by atoms with van der Waals surface area (Å²) in [5.74, 6) is -1.61. The number of ether oxygens (including phenoxy) is 2. The van der Waals surface area contributed by atoms with E-state index in [9.17, 15) is 19.5 Å². The van der Waals surface area contributed by atoms with E-state index in [0.717, 1.165) is 22.3 Å². The van der Waals surface area contributed by atoms with Gasteiger partial charge in [0.25, 0.3) is 5.91 Å². The number of hydrogen-bond donors (Lipinski definition) is 2. The fourth-order valence-corrected chi connectivity index (χ4v) is 4.74. The number of carbonyl (C=O) groups excluding carboxylic acids is 2. The Morgan fingerprint density at radius 3 is 2.30 bits per heavy atom. The van der Waals surface area contributed by atoms with Crippen molar-refractivity contribution in [3.8, 4) is 11.1 Å². The molecule has 1 saturated heterocycles. The Kier molecular flexibility index (Phi) is 6.65. The second-order valence-corrected chi connectivity index (χ2v) is 8.37. The summed E-state index contributed by atoms with van der Waals surface area (Å²) >= 11 is 0. The molecule has 0 bridgehead atoms. The van der Waals surface area contributed by atoms with Crippen molar-refractivity contribution in [1.82, 2.24) is 10.2 Å². The van der Waals surface area contributed by atoms with Gasteiger partial charge in [0.15, 0.2) is 6.10 Å². The van der Waals surface area contributed by atoms with Gasteiger partial charge in [-0.3, -0.25) is 4.79 Å². The van der Waals surface area contributed by atoms with Crippen LogP contribution in [0.15, 0.2) is 48.5 Å². The van der Waals surface area contributed by atoms with E-state index in [1.807, 2.05) is 36.4 Å². The third kappa shape index (κ3) is 4.43.